The van der Waals surface area contributed by atoms with Gasteiger partial charge in [0.2, 0.25) is 0 Å². The third-order valence-corrected chi connectivity index (χ3v) is 2.12. The van der Waals surface area contributed by atoms with E-state index >= 15 is 0 Å². The second kappa shape index (κ2) is 5.23. The third kappa shape index (κ3) is 4.91. The van der Waals surface area contributed by atoms with Gasteiger partial charge in [-0.3, -0.25) is 0 Å². The zero-order valence-electron chi connectivity index (χ0n) is 10.0. The number of hydrogen-bond acceptors (Lipinski definition) is 3. The number of hydrogen-bond donors (Lipinski definition) is 1. The average molecular weight is 255 g/mol. The molecule has 1 N–H and O–H groups in total. The molecule has 92 valence electrons. The van der Waals surface area contributed by atoms with Gasteiger partial charge < -0.3 is 9.84 Å². The van der Waals surface area contributed by atoms with Gasteiger partial charge in [-0.1, -0.05) is 11.6 Å². The molecule has 0 bridgehead atoms. The van der Waals surface area contributed by atoms with E-state index in [4.69, 9.17) is 21.4 Å². The molecule has 17 heavy (non-hydrogen) atoms. The Morgan fingerprint density at radius 1 is 1.41 bits per heavy atom. The van der Waals surface area contributed by atoms with E-state index in [1.165, 1.54) is 18.2 Å². The van der Waals surface area contributed by atoms with Crippen LogP contribution in [0, 0.1) is 0 Å². The molecule has 1 aromatic rings. The van der Waals surface area contributed by atoms with Crippen molar-refractivity contribution in [3.63, 3.8) is 0 Å². The number of rotatable bonds is 2. The summed E-state index contributed by atoms with van der Waals surface area (Å²) >= 11 is 5.88. The number of halogens is 1. The minimum absolute atomic E-state index is 0.0874. The molecular formula is C13H15ClO3. The summed E-state index contributed by atoms with van der Waals surface area (Å²) in [5.41, 5.74) is 0.135. The summed E-state index contributed by atoms with van der Waals surface area (Å²) in [6, 6.07) is 4.54. The molecule has 0 saturated heterocycles. The zero-order valence-corrected chi connectivity index (χ0v) is 10.8. The van der Waals surface area contributed by atoms with Gasteiger partial charge in [0.05, 0.1) is 5.02 Å². The van der Waals surface area contributed by atoms with E-state index in [9.17, 15) is 4.79 Å². The summed E-state index contributed by atoms with van der Waals surface area (Å²) in [4.78, 5) is 11.4. The number of carbonyl (C=O) groups is 1. The van der Waals surface area contributed by atoms with Crippen LogP contribution in [0.15, 0.2) is 24.3 Å². The van der Waals surface area contributed by atoms with Gasteiger partial charge in [0, 0.05) is 6.08 Å². The van der Waals surface area contributed by atoms with Crippen molar-refractivity contribution in [2.24, 2.45) is 0 Å². The first-order valence-electron chi connectivity index (χ1n) is 5.17. The standard InChI is InChI=1S/C13H15ClO3/c1-13(2,3)17-12(16)7-5-9-4-6-10(15)8-11(9)14/h4-8,15H,1-3H3/b7-5+. The number of phenols is 1. The van der Waals surface area contributed by atoms with Crippen molar-refractivity contribution in [2.75, 3.05) is 0 Å². The molecule has 0 amide bonds. The van der Waals surface area contributed by atoms with Gasteiger partial charge in [-0.05, 0) is 50.6 Å². The number of ether oxygens (including phenoxy) is 1. The summed E-state index contributed by atoms with van der Waals surface area (Å²) in [7, 11) is 0. The highest BCUT2D eigenvalue weighted by atomic mass is 35.5. The largest absolute Gasteiger partial charge is 0.508 e. The quantitative estimate of drug-likeness (QED) is 0.650. The molecule has 4 heteroatoms. The first-order chi connectivity index (χ1) is 7.78. The molecule has 0 aliphatic carbocycles. The fourth-order valence-electron chi connectivity index (χ4n) is 1.14. The predicted molar refractivity (Wildman–Crippen MR) is 68.0 cm³/mol. The highest BCUT2D eigenvalue weighted by Gasteiger charge is 2.13. The smallest absolute Gasteiger partial charge is 0.331 e. The maximum absolute atomic E-state index is 11.4. The molecule has 3 nitrogen and oxygen atoms in total. The van der Waals surface area contributed by atoms with Crippen molar-refractivity contribution in [3.8, 4) is 5.75 Å². The molecular weight excluding hydrogens is 240 g/mol. The van der Waals surface area contributed by atoms with Gasteiger partial charge in [0.25, 0.3) is 0 Å². The van der Waals surface area contributed by atoms with Crippen molar-refractivity contribution in [1.82, 2.24) is 0 Å². The highest BCUT2D eigenvalue weighted by molar-refractivity contribution is 6.32. The number of carbonyl (C=O) groups excluding carboxylic acids is 1. The molecule has 0 aromatic heterocycles. The van der Waals surface area contributed by atoms with E-state index in [1.54, 1.807) is 32.9 Å². The minimum Gasteiger partial charge on any atom is -0.508 e. The van der Waals surface area contributed by atoms with Crippen molar-refractivity contribution >= 4 is 23.6 Å². The van der Waals surface area contributed by atoms with E-state index < -0.39 is 11.6 Å². The van der Waals surface area contributed by atoms with Crippen LogP contribution in [0.25, 0.3) is 6.08 Å². The number of phenolic OH excluding ortho intramolecular Hbond substituents is 1. The third-order valence-electron chi connectivity index (χ3n) is 1.79. The Morgan fingerprint density at radius 3 is 2.59 bits per heavy atom. The molecule has 0 spiro atoms. The summed E-state index contributed by atoms with van der Waals surface area (Å²) in [5.74, 6) is -0.342. The lowest BCUT2D eigenvalue weighted by Crippen LogP contribution is -2.22. The maximum Gasteiger partial charge on any atom is 0.331 e. The summed E-state index contributed by atoms with van der Waals surface area (Å²) in [6.45, 7) is 5.39. The second-order valence-corrected chi connectivity index (χ2v) is 4.98. The average Bonchev–Trinajstić information content (AvgIpc) is 2.13. The molecule has 0 aliphatic rings. The second-order valence-electron chi connectivity index (χ2n) is 4.57. The highest BCUT2D eigenvalue weighted by Crippen LogP contribution is 2.22. The molecule has 0 radical (unpaired) electrons. The number of esters is 1. The minimum atomic E-state index is -0.514. The van der Waals surface area contributed by atoms with Crippen molar-refractivity contribution < 1.29 is 14.6 Å². The molecule has 0 saturated carbocycles. The molecule has 0 fully saturated rings. The SMILES string of the molecule is CC(C)(C)OC(=O)/C=C/c1ccc(O)cc1Cl. The fraction of sp³-hybridized carbons (Fsp3) is 0.308. The van der Waals surface area contributed by atoms with Gasteiger partial charge in [-0.15, -0.1) is 0 Å². The van der Waals surface area contributed by atoms with E-state index in [2.05, 4.69) is 0 Å². The molecule has 0 heterocycles. The van der Waals surface area contributed by atoms with Crippen LogP contribution in [0.3, 0.4) is 0 Å². The van der Waals surface area contributed by atoms with Crippen LogP contribution in [-0.2, 0) is 9.53 Å². The molecule has 0 unspecified atom stereocenters. The molecule has 1 aromatic carbocycles. The Morgan fingerprint density at radius 2 is 2.06 bits per heavy atom. The Kier molecular flexibility index (Phi) is 4.18. The normalized spacial score (nSPS) is 11.8. The van der Waals surface area contributed by atoms with Crippen LogP contribution >= 0.6 is 11.6 Å². The Balaban J connectivity index is 2.74. The van der Waals surface area contributed by atoms with E-state index in [0.717, 1.165) is 0 Å². The molecule has 0 atom stereocenters. The van der Waals surface area contributed by atoms with E-state index in [0.29, 0.717) is 10.6 Å². The van der Waals surface area contributed by atoms with Crippen LogP contribution in [-0.4, -0.2) is 16.7 Å². The molecule has 1 rings (SSSR count). The Bertz CT molecular complexity index is 444. The van der Waals surface area contributed by atoms with Crippen molar-refractivity contribution in [3.05, 3.63) is 34.9 Å². The summed E-state index contributed by atoms with van der Waals surface area (Å²) in [6.07, 6.45) is 2.86. The predicted octanol–water partition coefficient (Wildman–Crippen LogP) is 3.40. The lowest BCUT2D eigenvalue weighted by atomic mass is 10.2. The summed E-state index contributed by atoms with van der Waals surface area (Å²) < 4.78 is 5.10. The Labute approximate surface area is 106 Å². The maximum atomic E-state index is 11.4. The van der Waals surface area contributed by atoms with Crippen LogP contribution in [0.1, 0.15) is 26.3 Å². The zero-order chi connectivity index (χ0) is 13.1. The van der Waals surface area contributed by atoms with Crippen LogP contribution in [0.2, 0.25) is 5.02 Å². The lowest BCUT2D eigenvalue weighted by Gasteiger charge is -2.17. The van der Waals surface area contributed by atoms with E-state index in [-0.39, 0.29) is 5.75 Å². The topological polar surface area (TPSA) is 46.5 Å². The fourth-order valence-corrected chi connectivity index (χ4v) is 1.38. The van der Waals surface area contributed by atoms with Crippen molar-refractivity contribution in [2.45, 2.75) is 26.4 Å². The van der Waals surface area contributed by atoms with Crippen LogP contribution in [0.5, 0.6) is 5.75 Å². The van der Waals surface area contributed by atoms with Gasteiger partial charge in [0.15, 0.2) is 0 Å². The Hall–Kier alpha value is -1.48. The van der Waals surface area contributed by atoms with Gasteiger partial charge in [0.1, 0.15) is 11.4 Å². The number of aromatic hydroxyl groups is 1. The van der Waals surface area contributed by atoms with Gasteiger partial charge >= 0.3 is 5.97 Å². The van der Waals surface area contributed by atoms with Gasteiger partial charge in [-0.2, -0.15) is 0 Å². The monoisotopic (exact) mass is 254 g/mol. The summed E-state index contributed by atoms with van der Waals surface area (Å²) in [5, 5.41) is 9.55. The number of benzene rings is 1. The lowest BCUT2D eigenvalue weighted by molar-refractivity contribution is -0.148. The van der Waals surface area contributed by atoms with Gasteiger partial charge in [-0.25, -0.2) is 4.79 Å². The first-order valence-corrected chi connectivity index (χ1v) is 5.55. The van der Waals surface area contributed by atoms with Crippen molar-refractivity contribution in [1.29, 1.82) is 0 Å². The molecule has 0 aliphatic heterocycles. The van der Waals surface area contributed by atoms with Crippen LogP contribution in [0.4, 0.5) is 0 Å². The first kappa shape index (κ1) is 13.6. The van der Waals surface area contributed by atoms with Crippen LogP contribution < -0.4 is 0 Å². The van der Waals surface area contributed by atoms with E-state index in [1.807, 2.05) is 0 Å².